The molecule has 2 aromatic rings. The number of thioether (sulfide) groups is 1. The zero-order chi connectivity index (χ0) is 12.3. The number of rotatable bonds is 3. The molecule has 0 spiro atoms. The number of carbonyl (C=O) groups excluding carboxylic acids is 1. The molecule has 0 aliphatic carbocycles. The number of hydrogen-bond acceptors (Lipinski definition) is 6. The van der Waals surface area contributed by atoms with Crippen molar-refractivity contribution in [3.8, 4) is 11.5 Å². The van der Waals surface area contributed by atoms with E-state index in [-0.39, 0.29) is 0 Å². The first-order chi connectivity index (χ1) is 8.26. The Labute approximate surface area is 102 Å². The van der Waals surface area contributed by atoms with Gasteiger partial charge in [-0.1, -0.05) is 23.9 Å². The molecule has 0 N–H and O–H groups in total. The molecule has 6 heteroatoms. The maximum Gasteiger partial charge on any atom is 0.338 e. The Kier molecular flexibility index (Phi) is 3.43. The lowest BCUT2D eigenvalue weighted by Crippen LogP contribution is -2.03. The van der Waals surface area contributed by atoms with Gasteiger partial charge in [-0.2, -0.15) is 0 Å². The summed E-state index contributed by atoms with van der Waals surface area (Å²) in [4.78, 5) is 11.6. The minimum atomic E-state index is -0.426. The fourth-order valence-electron chi connectivity index (χ4n) is 1.36. The van der Waals surface area contributed by atoms with E-state index in [1.165, 1.54) is 18.9 Å². The molecule has 0 fully saturated rings. The van der Waals surface area contributed by atoms with Crippen LogP contribution in [0.1, 0.15) is 10.4 Å². The normalized spacial score (nSPS) is 10.2. The summed E-state index contributed by atoms with van der Waals surface area (Å²) in [5.74, 6) is -0.111. The molecule has 1 aromatic heterocycles. The van der Waals surface area contributed by atoms with Crippen LogP contribution in [0, 0.1) is 0 Å². The van der Waals surface area contributed by atoms with Gasteiger partial charge in [-0.15, -0.1) is 10.2 Å². The summed E-state index contributed by atoms with van der Waals surface area (Å²) in [6, 6.07) is 6.94. The smallest absolute Gasteiger partial charge is 0.338 e. The van der Waals surface area contributed by atoms with Crippen molar-refractivity contribution in [1.29, 1.82) is 0 Å². The first kappa shape index (κ1) is 11.7. The Morgan fingerprint density at radius 2 is 2.12 bits per heavy atom. The van der Waals surface area contributed by atoms with E-state index in [1.807, 2.05) is 6.26 Å². The van der Waals surface area contributed by atoms with Gasteiger partial charge in [-0.05, 0) is 18.4 Å². The molecule has 17 heavy (non-hydrogen) atoms. The lowest BCUT2D eigenvalue weighted by molar-refractivity contribution is 0.0601. The highest BCUT2D eigenvalue weighted by molar-refractivity contribution is 7.98. The van der Waals surface area contributed by atoms with Crippen molar-refractivity contribution < 1.29 is 13.9 Å². The predicted molar refractivity (Wildman–Crippen MR) is 62.9 cm³/mol. The number of methoxy groups -OCH3 is 1. The quantitative estimate of drug-likeness (QED) is 0.615. The molecule has 88 valence electrons. The Balaban J connectivity index is 2.47. The fraction of sp³-hybridized carbons (Fsp3) is 0.182. The van der Waals surface area contributed by atoms with E-state index >= 15 is 0 Å². The van der Waals surface area contributed by atoms with Gasteiger partial charge in [-0.25, -0.2) is 4.79 Å². The summed E-state index contributed by atoms with van der Waals surface area (Å²) in [7, 11) is 1.33. The van der Waals surface area contributed by atoms with Gasteiger partial charge in [0.2, 0.25) is 5.89 Å². The molecule has 0 atom stereocenters. The molecule has 0 unspecified atom stereocenters. The summed E-state index contributed by atoms with van der Waals surface area (Å²) in [5.41, 5.74) is 0.985. The van der Waals surface area contributed by atoms with Gasteiger partial charge >= 0.3 is 5.97 Å². The summed E-state index contributed by atoms with van der Waals surface area (Å²) >= 11 is 1.35. The van der Waals surface area contributed by atoms with Gasteiger partial charge in [0.05, 0.1) is 18.2 Å². The van der Waals surface area contributed by atoms with Crippen molar-refractivity contribution >= 4 is 17.7 Å². The van der Waals surface area contributed by atoms with Crippen LogP contribution < -0.4 is 0 Å². The fourth-order valence-corrected chi connectivity index (χ4v) is 1.64. The molecular formula is C11H10N2O3S. The lowest BCUT2D eigenvalue weighted by atomic mass is 10.1. The van der Waals surface area contributed by atoms with Crippen LogP contribution >= 0.6 is 11.8 Å². The van der Waals surface area contributed by atoms with Crippen LogP contribution in [-0.4, -0.2) is 29.5 Å². The minimum absolute atomic E-state index is 0.315. The third-order valence-corrected chi connectivity index (χ3v) is 2.66. The average molecular weight is 250 g/mol. The Hall–Kier alpha value is -1.82. The third kappa shape index (κ3) is 2.31. The number of nitrogens with zero attached hydrogens (tertiary/aromatic N) is 2. The number of aromatic nitrogens is 2. The first-order valence-corrected chi connectivity index (χ1v) is 6.04. The Morgan fingerprint density at radius 1 is 1.35 bits per heavy atom. The van der Waals surface area contributed by atoms with E-state index < -0.39 is 5.97 Å². The summed E-state index contributed by atoms with van der Waals surface area (Å²) < 4.78 is 10.1. The van der Waals surface area contributed by atoms with Crippen LogP contribution in [-0.2, 0) is 4.74 Å². The number of ether oxygens (including phenoxy) is 1. The highest BCUT2D eigenvalue weighted by Gasteiger charge is 2.17. The second kappa shape index (κ2) is 5.01. The van der Waals surface area contributed by atoms with E-state index in [0.717, 1.165) is 0 Å². The molecule has 0 bridgehead atoms. The molecule has 0 amide bonds. The zero-order valence-electron chi connectivity index (χ0n) is 9.34. The van der Waals surface area contributed by atoms with E-state index in [4.69, 9.17) is 9.15 Å². The molecule has 2 rings (SSSR count). The lowest BCUT2D eigenvalue weighted by Gasteiger charge is -2.03. The van der Waals surface area contributed by atoms with Crippen LogP contribution in [0.2, 0.25) is 0 Å². The van der Waals surface area contributed by atoms with Crippen molar-refractivity contribution in [2.24, 2.45) is 0 Å². The van der Waals surface area contributed by atoms with E-state index in [0.29, 0.717) is 22.2 Å². The maximum atomic E-state index is 11.6. The monoisotopic (exact) mass is 250 g/mol. The summed E-state index contributed by atoms with van der Waals surface area (Å²) in [6.45, 7) is 0. The SMILES string of the molecule is COC(=O)c1ccccc1-c1nnc(SC)o1. The van der Waals surface area contributed by atoms with Gasteiger partial charge < -0.3 is 9.15 Å². The van der Waals surface area contributed by atoms with Crippen molar-refractivity contribution in [1.82, 2.24) is 10.2 Å². The molecule has 0 aliphatic rings. The van der Waals surface area contributed by atoms with Crippen LogP contribution in [0.15, 0.2) is 33.9 Å². The third-order valence-electron chi connectivity index (χ3n) is 2.14. The molecule has 0 radical (unpaired) electrons. The standard InChI is InChI=1S/C11H10N2O3S/c1-15-10(14)8-6-4-3-5-7(8)9-12-13-11(16-9)17-2/h3-6H,1-2H3. The molecule has 5 nitrogen and oxygen atoms in total. The van der Waals surface area contributed by atoms with Crippen molar-refractivity contribution in [2.45, 2.75) is 5.22 Å². The second-order valence-corrected chi connectivity index (χ2v) is 3.87. The van der Waals surface area contributed by atoms with Gasteiger partial charge in [0.15, 0.2) is 0 Å². The maximum absolute atomic E-state index is 11.6. The van der Waals surface area contributed by atoms with E-state index in [1.54, 1.807) is 24.3 Å². The number of carbonyl (C=O) groups is 1. The minimum Gasteiger partial charge on any atom is -0.465 e. The molecular weight excluding hydrogens is 240 g/mol. The topological polar surface area (TPSA) is 65.2 Å². The van der Waals surface area contributed by atoms with Crippen LogP contribution in [0.5, 0.6) is 0 Å². The zero-order valence-corrected chi connectivity index (χ0v) is 10.2. The van der Waals surface area contributed by atoms with Crippen molar-refractivity contribution in [2.75, 3.05) is 13.4 Å². The molecule has 1 heterocycles. The highest BCUT2D eigenvalue weighted by Crippen LogP contribution is 2.25. The van der Waals surface area contributed by atoms with Crippen molar-refractivity contribution in [3.63, 3.8) is 0 Å². The van der Waals surface area contributed by atoms with Crippen LogP contribution in [0.3, 0.4) is 0 Å². The van der Waals surface area contributed by atoms with E-state index in [2.05, 4.69) is 10.2 Å². The van der Waals surface area contributed by atoms with Crippen LogP contribution in [0.4, 0.5) is 0 Å². The summed E-state index contributed by atoms with van der Waals surface area (Å²) in [6.07, 6.45) is 1.84. The molecule has 0 aliphatic heterocycles. The highest BCUT2D eigenvalue weighted by atomic mass is 32.2. The molecule has 0 saturated heterocycles. The van der Waals surface area contributed by atoms with Crippen LogP contribution in [0.25, 0.3) is 11.5 Å². The Morgan fingerprint density at radius 3 is 2.76 bits per heavy atom. The largest absolute Gasteiger partial charge is 0.465 e. The Bertz CT molecular complexity index is 539. The number of hydrogen-bond donors (Lipinski definition) is 0. The van der Waals surface area contributed by atoms with Gasteiger partial charge in [0.1, 0.15) is 0 Å². The van der Waals surface area contributed by atoms with E-state index in [9.17, 15) is 4.79 Å². The molecule has 0 saturated carbocycles. The average Bonchev–Trinajstić information content (AvgIpc) is 2.86. The van der Waals surface area contributed by atoms with Crippen molar-refractivity contribution in [3.05, 3.63) is 29.8 Å². The predicted octanol–water partition coefficient (Wildman–Crippen LogP) is 2.25. The first-order valence-electron chi connectivity index (χ1n) is 4.81. The number of esters is 1. The van der Waals surface area contributed by atoms with Gasteiger partial charge in [0.25, 0.3) is 5.22 Å². The van der Waals surface area contributed by atoms with Gasteiger partial charge in [0, 0.05) is 0 Å². The molecule has 1 aromatic carbocycles. The number of benzene rings is 1. The summed E-state index contributed by atoms with van der Waals surface area (Å²) in [5, 5.41) is 8.18. The van der Waals surface area contributed by atoms with Gasteiger partial charge in [-0.3, -0.25) is 0 Å². The second-order valence-electron chi connectivity index (χ2n) is 3.11.